The first-order valence-corrected chi connectivity index (χ1v) is 10.7. The Morgan fingerprint density at radius 3 is 2.42 bits per heavy atom. The molecule has 1 rings (SSSR count). The lowest BCUT2D eigenvalue weighted by Crippen LogP contribution is -2.11. The lowest BCUT2D eigenvalue weighted by atomic mass is 9.83. The van der Waals surface area contributed by atoms with E-state index in [0.717, 1.165) is 38.5 Å². The fourth-order valence-electron chi connectivity index (χ4n) is 3.78. The van der Waals surface area contributed by atoms with Gasteiger partial charge in [-0.2, -0.15) is 0 Å². The van der Waals surface area contributed by atoms with Crippen LogP contribution in [0, 0.1) is 11.8 Å². The molecule has 0 aromatic rings. The van der Waals surface area contributed by atoms with Crippen molar-refractivity contribution in [1.29, 1.82) is 0 Å². The number of aliphatic hydroxyl groups excluding tert-OH is 1. The van der Waals surface area contributed by atoms with E-state index < -0.39 is 0 Å². The van der Waals surface area contributed by atoms with Crippen LogP contribution in [0.15, 0.2) is 47.1 Å². The number of allylic oxidation sites excluding steroid dienone is 7. The van der Waals surface area contributed by atoms with Gasteiger partial charge < -0.3 is 5.11 Å². The van der Waals surface area contributed by atoms with Gasteiger partial charge in [-0.05, 0) is 104 Å². The largest absolute Gasteiger partial charge is 0.396 e. The molecule has 0 fully saturated rings. The topological polar surface area (TPSA) is 20.2 Å². The molecule has 0 aromatic heterocycles. The summed E-state index contributed by atoms with van der Waals surface area (Å²) in [5, 5.41) is 9.77. The Morgan fingerprint density at radius 2 is 1.73 bits per heavy atom. The molecular weight excluding hydrogens is 316 g/mol. The zero-order valence-electron chi connectivity index (χ0n) is 17.8. The van der Waals surface area contributed by atoms with Gasteiger partial charge in [0.15, 0.2) is 0 Å². The van der Waals surface area contributed by atoms with Gasteiger partial charge in [0.05, 0.1) is 0 Å². The molecule has 0 spiro atoms. The Hall–Kier alpha value is -1.08. The van der Waals surface area contributed by atoms with Crippen molar-refractivity contribution < 1.29 is 5.11 Å². The van der Waals surface area contributed by atoms with E-state index >= 15 is 0 Å². The minimum atomic E-state index is 0.322. The summed E-state index contributed by atoms with van der Waals surface area (Å²) in [6.07, 6.45) is 18.6. The molecule has 0 radical (unpaired) electrons. The van der Waals surface area contributed by atoms with Gasteiger partial charge in [-0.15, -0.1) is 0 Å². The summed E-state index contributed by atoms with van der Waals surface area (Å²) in [5.74, 6) is 1.03. The van der Waals surface area contributed by atoms with E-state index in [1.807, 2.05) is 0 Å². The zero-order valence-corrected chi connectivity index (χ0v) is 17.8. The number of hydrogen-bond donors (Lipinski definition) is 1. The van der Waals surface area contributed by atoms with E-state index in [0.29, 0.717) is 18.4 Å². The van der Waals surface area contributed by atoms with Gasteiger partial charge in [-0.1, -0.05) is 47.1 Å². The molecule has 1 aliphatic carbocycles. The maximum absolute atomic E-state index is 9.77. The molecule has 1 heteroatoms. The lowest BCUT2D eigenvalue weighted by molar-refractivity contribution is 0.204. The van der Waals surface area contributed by atoms with Crippen LogP contribution < -0.4 is 0 Å². The van der Waals surface area contributed by atoms with Crippen LogP contribution in [0.4, 0.5) is 0 Å². The highest BCUT2D eigenvalue weighted by molar-refractivity contribution is 5.08. The summed E-state index contributed by atoms with van der Waals surface area (Å²) >= 11 is 0. The normalized spacial score (nSPS) is 23.4. The van der Waals surface area contributed by atoms with Crippen molar-refractivity contribution in [3.8, 4) is 0 Å². The highest BCUT2D eigenvalue weighted by Gasteiger charge is 2.16. The van der Waals surface area contributed by atoms with E-state index in [1.54, 1.807) is 0 Å². The molecule has 0 bridgehead atoms. The summed E-state index contributed by atoms with van der Waals surface area (Å²) in [4.78, 5) is 0. The molecular formula is C25H42O. The third-order valence-electron chi connectivity index (χ3n) is 5.76. The van der Waals surface area contributed by atoms with Crippen LogP contribution in [0.25, 0.3) is 0 Å². The van der Waals surface area contributed by atoms with E-state index in [2.05, 4.69) is 52.5 Å². The summed E-state index contributed by atoms with van der Waals surface area (Å²) in [5.41, 5.74) is 5.82. The first-order valence-electron chi connectivity index (χ1n) is 10.7. The number of rotatable bonds is 5. The lowest BCUT2D eigenvalue weighted by Gasteiger charge is -2.23. The van der Waals surface area contributed by atoms with Crippen molar-refractivity contribution in [1.82, 2.24) is 0 Å². The Balaban J connectivity index is 2.75. The minimum absolute atomic E-state index is 0.322. The third kappa shape index (κ3) is 10.2. The quantitative estimate of drug-likeness (QED) is 0.503. The van der Waals surface area contributed by atoms with Crippen LogP contribution >= 0.6 is 0 Å². The Labute approximate surface area is 163 Å². The van der Waals surface area contributed by atoms with Crippen molar-refractivity contribution in [2.75, 3.05) is 6.61 Å². The standard InChI is InChI=1S/C25H42O/c1-20(2)9-6-13-23(5)25-17-15-22(4)11-7-10-21(3)12-8-14-24(19-26)16-18-25/h9,11-12,24-26H,5-8,10,13-19H2,1-4H3. The molecule has 0 amide bonds. The van der Waals surface area contributed by atoms with Crippen LogP contribution in [0.1, 0.15) is 91.9 Å². The van der Waals surface area contributed by atoms with E-state index in [4.69, 9.17) is 0 Å². The van der Waals surface area contributed by atoms with Crippen molar-refractivity contribution in [3.05, 3.63) is 47.1 Å². The molecule has 148 valence electrons. The summed E-state index contributed by atoms with van der Waals surface area (Å²) in [6, 6.07) is 0. The van der Waals surface area contributed by atoms with Gasteiger partial charge in [-0.3, -0.25) is 0 Å². The van der Waals surface area contributed by atoms with Crippen LogP contribution in [-0.4, -0.2) is 11.7 Å². The zero-order chi connectivity index (χ0) is 19.4. The van der Waals surface area contributed by atoms with Crippen molar-refractivity contribution in [2.45, 2.75) is 91.9 Å². The van der Waals surface area contributed by atoms with Crippen molar-refractivity contribution in [2.24, 2.45) is 11.8 Å². The monoisotopic (exact) mass is 358 g/mol. The molecule has 1 aliphatic rings. The molecule has 0 aromatic carbocycles. The molecule has 0 aliphatic heterocycles. The maximum atomic E-state index is 9.77. The average molecular weight is 359 g/mol. The van der Waals surface area contributed by atoms with Crippen LogP contribution in [0.5, 0.6) is 0 Å². The first-order chi connectivity index (χ1) is 12.4. The molecule has 0 heterocycles. The Kier molecular flexibility index (Phi) is 11.6. The number of aliphatic hydroxyl groups is 1. The van der Waals surface area contributed by atoms with Crippen LogP contribution in [-0.2, 0) is 0 Å². The van der Waals surface area contributed by atoms with Gasteiger partial charge in [0.1, 0.15) is 0 Å². The van der Waals surface area contributed by atoms with Gasteiger partial charge >= 0.3 is 0 Å². The second kappa shape index (κ2) is 13.1. The predicted octanol–water partition coefficient (Wildman–Crippen LogP) is 7.54. The fraction of sp³-hybridized carbons (Fsp3) is 0.680. The summed E-state index contributed by atoms with van der Waals surface area (Å²) < 4.78 is 0. The molecule has 1 N–H and O–H groups in total. The Bertz CT molecular complexity index is 502. The molecule has 0 saturated heterocycles. The van der Waals surface area contributed by atoms with Crippen molar-refractivity contribution in [3.63, 3.8) is 0 Å². The summed E-state index contributed by atoms with van der Waals surface area (Å²) in [7, 11) is 0. The van der Waals surface area contributed by atoms with Crippen LogP contribution in [0.2, 0.25) is 0 Å². The van der Waals surface area contributed by atoms with Gasteiger partial charge in [0.2, 0.25) is 0 Å². The highest BCUT2D eigenvalue weighted by atomic mass is 16.3. The number of hydrogen-bond acceptors (Lipinski definition) is 1. The molecule has 2 unspecified atom stereocenters. The Morgan fingerprint density at radius 1 is 1.04 bits per heavy atom. The van der Waals surface area contributed by atoms with Gasteiger partial charge in [0.25, 0.3) is 0 Å². The SMILES string of the molecule is C=C(CCC=C(C)C)C1CCC(C)=CCCC(C)=CCCC(CO)CC1. The van der Waals surface area contributed by atoms with E-state index in [-0.39, 0.29) is 0 Å². The average Bonchev–Trinajstić information content (AvgIpc) is 2.59. The minimum Gasteiger partial charge on any atom is -0.396 e. The second-order valence-electron chi connectivity index (χ2n) is 8.56. The molecule has 0 saturated carbocycles. The van der Waals surface area contributed by atoms with Gasteiger partial charge in [0, 0.05) is 6.61 Å². The van der Waals surface area contributed by atoms with E-state index in [9.17, 15) is 5.11 Å². The van der Waals surface area contributed by atoms with E-state index in [1.165, 1.54) is 48.0 Å². The highest BCUT2D eigenvalue weighted by Crippen LogP contribution is 2.30. The molecule has 1 nitrogen and oxygen atoms in total. The van der Waals surface area contributed by atoms with Crippen LogP contribution in [0.3, 0.4) is 0 Å². The fourth-order valence-corrected chi connectivity index (χ4v) is 3.78. The van der Waals surface area contributed by atoms with Gasteiger partial charge in [-0.25, -0.2) is 0 Å². The van der Waals surface area contributed by atoms with Crippen molar-refractivity contribution >= 4 is 0 Å². The maximum Gasteiger partial charge on any atom is 0.0459 e. The molecule has 26 heavy (non-hydrogen) atoms. The third-order valence-corrected chi connectivity index (χ3v) is 5.76. The predicted molar refractivity (Wildman–Crippen MR) is 116 cm³/mol. The second-order valence-corrected chi connectivity index (χ2v) is 8.56. The first kappa shape index (κ1) is 23.0. The molecule has 2 atom stereocenters. The smallest absolute Gasteiger partial charge is 0.0459 e. The summed E-state index contributed by atoms with van der Waals surface area (Å²) in [6.45, 7) is 13.6.